The first-order valence-electron chi connectivity index (χ1n) is 6.24. The molecule has 0 fully saturated rings. The number of nitrogens with one attached hydrogen (secondary N) is 2. The van der Waals surface area contributed by atoms with Crippen molar-refractivity contribution in [2.45, 2.75) is 24.4 Å². The number of aryl methyl sites for hydroxylation is 1. The number of sulfonamides is 1. The zero-order valence-corrected chi connectivity index (χ0v) is 12.6. The Labute approximate surface area is 123 Å². The first-order chi connectivity index (χ1) is 9.56. The van der Waals surface area contributed by atoms with Gasteiger partial charge in [-0.1, -0.05) is 37.3 Å². The molecule has 0 saturated carbocycles. The minimum Gasteiger partial charge on any atom is -0.332 e. The van der Waals surface area contributed by atoms with Gasteiger partial charge in [0.25, 0.3) is 10.0 Å². The van der Waals surface area contributed by atoms with Crippen LogP contribution in [0.3, 0.4) is 0 Å². The minimum absolute atomic E-state index is 0.0559. The van der Waals surface area contributed by atoms with Crippen LogP contribution in [0.15, 0.2) is 41.6 Å². The molecule has 0 spiro atoms. The van der Waals surface area contributed by atoms with Crippen LogP contribution < -0.4 is 4.72 Å². The summed E-state index contributed by atoms with van der Waals surface area (Å²) < 4.78 is 27.1. The molecular formula is C13H16ClN3O2S. The molecule has 1 aromatic heterocycles. The third kappa shape index (κ3) is 3.39. The molecule has 1 unspecified atom stereocenters. The molecule has 1 aromatic carbocycles. The third-order valence-corrected chi connectivity index (χ3v) is 4.57. The second-order valence-electron chi connectivity index (χ2n) is 4.29. The molecule has 5 nitrogen and oxygen atoms in total. The average molecular weight is 314 g/mol. The predicted molar refractivity (Wildman–Crippen MR) is 78.2 cm³/mol. The molecule has 0 amide bonds. The fourth-order valence-corrected chi connectivity index (χ4v) is 3.30. The monoisotopic (exact) mass is 313 g/mol. The van der Waals surface area contributed by atoms with Crippen molar-refractivity contribution in [2.75, 3.05) is 5.88 Å². The van der Waals surface area contributed by atoms with Gasteiger partial charge in [0.05, 0.1) is 12.2 Å². The maximum absolute atomic E-state index is 12.3. The van der Waals surface area contributed by atoms with E-state index in [0.717, 1.165) is 5.56 Å². The minimum atomic E-state index is -3.66. The highest BCUT2D eigenvalue weighted by molar-refractivity contribution is 7.89. The summed E-state index contributed by atoms with van der Waals surface area (Å²) >= 11 is 5.88. The van der Waals surface area contributed by atoms with Crippen molar-refractivity contribution in [1.82, 2.24) is 14.7 Å². The summed E-state index contributed by atoms with van der Waals surface area (Å²) in [6.07, 6.45) is 1.96. The maximum Gasteiger partial charge on any atom is 0.258 e. The topological polar surface area (TPSA) is 74.8 Å². The third-order valence-electron chi connectivity index (χ3n) is 2.88. The lowest BCUT2D eigenvalue weighted by molar-refractivity contribution is 0.564. The summed E-state index contributed by atoms with van der Waals surface area (Å²) in [6.45, 7) is 1.90. The van der Waals surface area contributed by atoms with Gasteiger partial charge in [-0.15, -0.1) is 11.6 Å². The Morgan fingerprint density at radius 1 is 1.35 bits per heavy atom. The van der Waals surface area contributed by atoms with Gasteiger partial charge in [-0.2, -0.15) is 0 Å². The lowest BCUT2D eigenvalue weighted by Gasteiger charge is -2.15. The molecule has 0 saturated heterocycles. The van der Waals surface area contributed by atoms with E-state index in [1.54, 1.807) is 0 Å². The van der Waals surface area contributed by atoms with Crippen molar-refractivity contribution in [3.8, 4) is 0 Å². The van der Waals surface area contributed by atoms with Crippen LogP contribution in [0.1, 0.15) is 24.4 Å². The Kier molecular flexibility index (Phi) is 4.80. The molecule has 1 atom stereocenters. The maximum atomic E-state index is 12.3. The summed E-state index contributed by atoms with van der Waals surface area (Å²) in [7, 11) is -3.66. The van der Waals surface area contributed by atoms with Gasteiger partial charge in [-0.05, 0) is 5.56 Å². The highest BCUT2D eigenvalue weighted by Crippen LogP contribution is 2.17. The van der Waals surface area contributed by atoms with Gasteiger partial charge in [-0.3, -0.25) is 0 Å². The Morgan fingerprint density at radius 3 is 2.60 bits per heavy atom. The molecule has 0 aliphatic carbocycles. The smallest absolute Gasteiger partial charge is 0.258 e. The summed E-state index contributed by atoms with van der Waals surface area (Å²) in [4.78, 5) is 6.78. The number of aromatic amines is 1. The van der Waals surface area contributed by atoms with Crippen LogP contribution in [0.2, 0.25) is 0 Å². The molecule has 2 N–H and O–H groups in total. The molecule has 2 rings (SSSR count). The van der Waals surface area contributed by atoms with Gasteiger partial charge in [0.1, 0.15) is 5.82 Å². The van der Waals surface area contributed by atoms with Crippen LogP contribution in [0.5, 0.6) is 0 Å². The van der Waals surface area contributed by atoms with Crippen molar-refractivity contribution in [3.05, 3.63) is 47.9 Å². The number of nitrogens with zero attached hydrogens (tertiary/aromatic N) is 1. The number of imidazole rings is 1. The van der Waals surface area contributed by atoms with Gasteiger partial charge in [0.15, 0.2) is 5.03 Å². The largest absolute Gasteiger partial charge is 0.332 e. The molecular weight excluding hydrogens is 298 g/mol. The zero-order chi connectivity index (χ0) is 14.6. The Bertz CT molecular complexity index is 655. The van der Waals surface area contributed by atoms with E-state index in [9.17, 15) is 8.42 Å². The van der Waals surface area contributed by atoms with Crippen molar-refractivity contribution in [2.24, 2.45) is 0 Å². The van der Waals surface area contributed by atoms with Gasteiger partial charge in [0.2, 0.25) is 0 Å². The lowest BCUT2D eigenvalue weighted by Crippen LogP contribution is -2.30. The molecule has 7 heteroatoms. The first kappa shape index (κ1) is 15.0. The normalized spacial score (nSPS) is 13.3. The standard InChI is InChI=1S/C13H16ClN3O2S/c1-2-12-15-9-13(16-12)20(18,19)17-11(8-14)10-6-4-3-5-7-10/h3-7,9,11,17H,2,8H2,1H3,(H,15,16). The van der Waals surface area contributed by atoms with Gasteiger partial charge < -0.3 is 4.98 Å². The van der Waals surface area contributed by atoms with Crippen LogP contribution in [-0.2, 0) is 16.4 Å². The van der Waals surface area contributed by atoms with E-state index in [2.05, 4.69) is 14.7 Å². The summed E-state index contributed by atoms with van der Waals surface area (Å²) in [5.74, 6) is 0.783. The van der Waals surface area contributed by atoms with Gasteiger partial charge in [0, 0.05) is 12.3 Å². The van der Waals surface area contributed by atoms with Gasteiger partial charge >= 0.3 is 0 Å². The average Bonchev–Trinajstić information content (AvgIpc) is 2.95. The number of rotatable bonds is 6. The summed E-state index contributed by atoms with van der Waals surface area (Å²) in [5, 5.41) is 0.0559. The van der Waals surface area contributed by atoms with Crippen LogP contribution >= 0.6 is 11.6 Å². The van der Waals surface area contributed by atoms with Gasteiger partial charge in [-0.25, -0.2) is 18.1 Å². The number of aromatic nitrogens is 2. The lowest BCUT2D eigenvalue weighted by atomic mass is 10.1. The molecule has 2 aromatic rings. The summed E-state index contributed by atoms with van der Waals surface area (Å²) in [6, 6.07) is 8.74. The Morgan fingerprint density at radius 2 is 2.05 bits per heavy atom. The number of benzene rings is 1. The van der Waals surface area contributed by atoms with E-state index in [-0.39, 0.29) is 10.9 Å². The number of halogens is 1. The highest BCUT2D eigenvalue weighted by atomic mass is 35.5. The van der Waals surface area contributed by atoms with E-state index in [4.69, 9.17) is 11.6 Å². The molecule has 20 heavy (non-hydrogen) atoms. The van der Waals surface area contributed by atoms with Crippen molar-refractivity contribution < 1.29 is 8.42 Å². The van der Waals surface area contributed by atoms with E-state index >= 15 is 0 Å². The van der Waals surface area contributed by atoms with Crippen LogP contribution in [0, 0.1) is 0 Å². The zero-order valence-electron chi connectivity index (χ0n) is 11.0. The van der Waals surface area contributed by atoms with Crippen LogP contribution in [0.4, 0.5) is 0 Å². The van der Waals surface area contributed by atoms with E-state index in [1.807, 2.05) is 37.3 Å². The number of hydrogen-bond donors (Lipinski definition) is 2. The van der Waals surface area contributed by atoms with Crippen molar-refractivity contribution >= 4 is 21.6 Å². The van der Waals surface area contributed by atoms with E-state index in [0.29, 0.717) is 12.2 Å². The van der Waals surface area contributed by atoms with Crippen LogP contribution in [-0.4, -0.2) is 24.3 Å². The van der Waals surface area contributed by atoms with E-state index < -0.39 is 16.1 Å². The first-order valence-corrected chi connectivity index (χ1v) is 8.25. The Hall–Kier alpha value is -1.37. The number of alkyl halides is 1. The highest BCUT2D eigenvalue weighted by Gasteiger charge is 2.22. The predicted octanol–water partition coefficient (Wildman–Crippen LogP) is 2.23. The van der Waals surface area contributed by atoms with Crippen LogP contribution in [0.25, 0.3) is 0 Å². The molecule has 0 aliphatic heterocycles. The molecule has 0 bridgehead atoms. The van der Waals surface area contributed by atoms with Crippen molar-refractivity contribution in [3.63, 3.8) is 0 Å². The number of hydrogen-bond acceptors (Lipinski definition) is 3. The molecule has 0 radical (unpaired) electrons. The second-order valence-corrected chi connectivity index (χ2v) is 6.28. The number of H-pyrrole nitrogens is 1. The fourth-order valence-electron chi connectivity index (χ4n) is 1.78. The molecule has 1 heterocycles. The van der Waals surface area contributed by atoms with Crippen molar-refractivity contribution in [1.29, 1.82) is 0 Å². The molecule has 108 valence electrons. The SMILES string of the molecule is CCc1ncc(S(=O)(=O)NC(CCl)c2ccccc2)[nH]1. The Balaban J connectivity index is 2.22. The molecule has 0 aliphatic rings. The van der Waals surface area contributed by atoms with E-state index in [1.165, 1.54) is 6.20 Å². The second kappa shape index (κ2) is 6.39. The summed E-state index contributed by atoms with van der Waals surface area (Å²) in [5.41, 5.74) is 0.821. The fraction of sp³-hybridized carbons (Fsp3) is 0.308. The quantitative estimate of drug-likeness (QED) is 0.803.